The van der Waals surface area contributed by atoms with Crippen LogP contribution in [0, 0.1) is 17.8 Å². The largest absolute Gasteiger partial charge is 0.456 e. The molecule has 15 heavy (non-hydrogen) atoms. The third-order valence-electron chi connectivity index (χ3n) is 1.89. The monoisotopic (exact) mass is 210 g/mol. The second-order valence-electron chi connectivity index (χ2n) is 4.10. The van der Waals surface area contributed by atoms with Gasteiger partial charge in [-0.25, -0.2) is 4.79 Å². The zero-order chi connectivity index (χ0) is 11.5. The molecule has 0 fully saturated rings. The van der Waals surface area contributed by atoms with Crippen molar-refractivity contribution in [3.8, 4) is 11.8 Å². The van der Waals surface area contributed by atoms with Crippen molar-refractivity contribution >= 4 is 5.97 Å². The van der Waals surface area contributed by atoms with Crippen molar-refractivity contribution in [3.05, 3.63) is 0 Å². The summed E-state index contributed by atoms with van der Waals surface area (Å²) < 4.78 is 4.92. The summed E-state index contributed by atoms with van der Waals surface area (Å²) in [7, 11) is 0. The van der Waals surface area contributed by atoms with Crippen molar-refractivity contribution in [1.82, 2.24) is 0 Å². The molecule has 0 unspecified atom stereocenters. The highest BCUT2D eigenvalue weighted by Gasteiger charge is 1.98. The normalized spacial score (nSPS) is 9.60. The van der Waals surface area contributed by atoms with Crippen molar-refractivity contribution in [1.29, 1.82) is 0 Å². The van der Waals surface area contributed by atoms with E-state index in [0.717, 1.165) is 12.8 Å². The van der Waals surface area contributed by atoms with E-state index in [1.807, 2.05) is 13.8 Å². The molecule has 0 aromatic heterocycles. The zero-order valence-electron chi connectivity index (χ0n) is 10.1. The molecule has 0 aliphatic carbocycles. The van der Waals surface area contributed by atoms with Gasteiger partial charge in [0.1, 0.15) is 0 Å². The van der Waals surface area contributed by atoms with Gasteiger partial charge in [0, 0.05) is 12.3 Å². The Bertz CT molecular complexity index is 220. The number of esters is 1. The molecular formula is C13H22O2. The molecule has 0 amide bonds. The average Bonchev–Trinajstić information content (AvgIpc) is 2.20. The van der Waals surface area contributed by atoms with Crippen molar-refractivity contribution in [2.75, 3.05) is 6.61 Å². The van der Waals surface area contributed by atoms with Crippen molar-refractivity contribution in [2.24, 2.45) is 5.92 Å². The van der Waals surface area contributed by atoms with E-state index in [1.54, 1.807) is 0 Å². The Hall–Kier alpha value is -0.970. The van der Waals surface area contributed by atoms with Crippen LogP contribution in [0.1, 0.15) is 52.9 Å². The third kappa shape index (κ3) is 11.0. The Balaban J connectivity index is 3.45. The number of rotatable bonds is 6. The van der Waals surface area contributed by atoms with Crippen molar-refractivity contribution < 1.29 is 9.53 Å². The molecule has 0 radical (unpaired) electrons. The Morgan fingerprint density at radius 2 is 2.00 bits per heavy atom. The SMILES string of the molecule is CCCCCCC#CC(=O)OCC(C)C. The van der Waals surface area contributed by atoms with E-state index in [0.29, 0.717) is 12.5 Å². The highest BCUT2D eigenvalue weighted by molar-refractivity contribution is 5.88. The summed E-state index contributed by atoms with van der Waals surface area (Å²) in [6, 6.07) is 0. The van der Waals surface area contributed by atoms with Crippen LogP contribution in [0.25, 0.3) is 0 Å². The molecule has 0 saturated heterocycles. The summed E-state index contributed by atoms with van der Waals surface area (Å²) in [5, 5.41) is 0. The first-order chi connectivity index (χ1) is 7.16. The lowest BCUT2D eigenvalue weighted by Gasteiger charge is -2.02. The third-order valence-corrected chi connectivity index (χ3v) is 1.89. The number of unbranched alkanes of at least 4 members (excludes halogenated alkanes) is 4. The maximum absolute atomic E-state index is 11.0. The van der Waals surface area contributed by atoms with Gasteiger partial charge in [0.05, 0.1) is 6.61 Å². The second kappa shape index (κ2) is 9.58. The Morgan fingerprint density at radius 1 is 1.27 bits per heavy atom. The molecule has 0 spiro atoms. The van der Waals surface area contributed by atoms with E-state index in [9.17, 15) is 4.79 Å². The Morgan fingerprint density at radius 3 is 2.60 bits per heavy atom. The van der Waals surface area contributed by atoms with Gasteiger partial charge < -0.3 is 4.74 Å². The van der Waals surface area contributed by atoms with Crippen molar-refractivity contribution in [3.63, 3.8) is 0 Å². The van der Waals surface area contributed by atoms with Crippen LogP contribution in [0.15, 0.2) is 0 Å². The number of carbonyl (C=O) groups is 1. The molecule has 0 bridgehead atoms. The summed E-state index contributed by atoms with van der Waals surface area (Å²) in [6.45, 7) is 6.65. The lowest BCUT2D eigenvalue weighted by Crippen LogP contribution is -2.07. The summed E-state index contributed by atoms with van der Waals surface area (Å²) in [4.78, 5) is 11.0. The van der Waals surface area contributed by atoms with Gasteiger partial charge in [0.15, 0.2) is 0 Å². The van der Waals surface area contributed by atoms with Crippen LogP contribution in [0.2, 0.25) is 0 Å². The minimum atomic E-state index is -0.390. The minimum absolute atomic E-state index is 0.375. The summed E-state index contributed by atoms with van der Waals surface area (Å²) in [5.74, 6) is 5.33. The average molecular weight is 210 g/mol. The van der Waals surface area contributed by atoms with E-state index in [1.165, 1.54) is 19.3 Å². The Labute approximate surface area is 93.4 Å². The van der Waals surface area contributed by atoms with Gasteiger partial charge in [-0.2, -0.15) is 0 Å². The van der Waals surface area contributed by atoms with E-state index in [4.69, 9.17) is 4.74 Å². The fourth-order valence-corrected chi connectivity index (χ4v) is 1.05. The number of ether oxygens (including phenoxy) is 1. The molecule has 86 valence electrons. The van der Waals surface area contributed by atoms with E-state index >= 15 is 0 Å². The van der Waals surface area contributed by atoms with Crippen LogP contribution in [0.4, 0.5) is 0 Å². The van der Waals surface area contributed by atoms with Gasteiger partial charge in [0.25, 0.3) is 0 Å². The molecule has 0 N–H and O–H groups in total. The van der Waals surface area contributed by atoms with Gasteiger partial charge in [-0.05, 0) is 12.3 Å². The minimum Gasteiger partial charge on any atom is -0.456 e. The fraction of sp³-hybridized carbons (Fsp3) is 0.769. The summed E-state index contributed by atoms with van der Waals surface area (Å²) in [6.07, 6.45) is 5.56. The topological polar surface area (TPSA) is 26.3 Å². The molecule has 0 saturated carbocycles. The lowest BCUT2D eigenvalue weighted by molar-refractivity contribution is -0.137. The maximum Gasteiger partial charge on any atom is 0.384 e. The molecule has 2 heteroatoms. The quantitative estimate of drug-likeness (QED) is 0.291. The molecular weight excluding hydrogens is 188 g/mol. The number of hydrogen-bond donors (Lipinski definition) is 0. The fourth-order valence-electron chi connectivity index (χ4n) is 1.05. The van der Waals surface area contributed by atoms with Gasteiger partial charge in [-0.15, -0.1) is 0 Å². The van der Waals surface area contributed by atoms with E-state index < -0.39 is 0 Å². The first-order valence-electron chi connectivity index (χ1n) is 5.82. The predicted molar refractivity (Wildman–Crippen MR) is 62.3 cm³/mol. The van der Waals surface area contributed by atoms with Crippen LogP contribution in [-0.4, -0.2) is 12.6 Å². The number of carbonyl (C=O) groups excluding carboxylic acids is 1. The van der Waals surface area contributed by atoms with Gasteiger partial charge in [-0.3, -0.25) is 0 Å². The first-order valence-corrected chi connectivity index (χ1v) is 5.82. The van der Waals surface area contributed by atoms with Crippen LogP contribution in [0.3, 0.4) is 0 Å². The molecule has 0 aliphatic heterocycles. The zero-order valence-corrected chi connectivity index (χ0v) is 10.1. The van der Waals surface area contributed by atoms with Gasteiger partial charge in [0.2, 0.25) is 0 Å². The molecule has 0 aromatic carbocycles. The van der Waals surface area contributed by atoms with Crippen LogP contribution in [0.5, 0.6) is 0 Å². The Kier molecular flexibility index (Phi) is 8.96. The second-order valence-corrected chi connectivity index (χ2v) is 4.10. The molecule has 0 aliphatic rings. The molecule has 0 rings (SSSR count). The predicted octanol–water partition coefficient (Wildman–Crippen LogP) is 3.16. The van der Waals surface area contributed by atoms with E-state index in [-0.39, 0.29) is 5.97 Å². The first kappa shape index (κ1) is 14.0. The molecule has 0 atom stereocenters. The van der Waals surface area contributed by atoms with Crippen LogP contribution >= 0.6 is 0 Å². The van der Waals surface area contributed by atoms with Crippen molar-refractivity contribution in [2.45, 2.75) is 52.9 Å². The van der Waals surface area contributed by atoms with Crippen LogP contribution < -0.4 is 0 Å². The van der Waals surface area contributed by atoms with Crippen LogP contribution in [-0.2, 0) is 9.53 Å². The molecule has 0 heterocycles. The highest BCUT2D eigenvalue weighted by atomic mass is 16.5. The standard InChI is InChI=1S/C13H22O2/c1-4-5-6-7-8-9-10-13(14)15-11-12(2)3/h12H,4-8,11H2,1-3H3. The summed E-state index contributed by atoms with van der Waals surface area (Å²) >= 11 is 0. The number of hydrogen-bond acceptors (Lipinski definition) is 2. The van der Waals surface area contributed by atoms with Gasteiger partial charge in [-0.1, -0.05) is 46.0 Å². The van der Waals surface area contributed by atoms with Gasteiger partial charge >= 0.3 is 5.97 Å². The van der Waals surface area contributed by atoms with E-state index in [2.05, 4.69) is 18.8 Å². The lowest BCUT2D eigenvalue weighted by atomic mass is 10.2. The highest BCUT2D eigenvalue weighted by Crippen LogP contribution is 2.00. The molecule has 2 nitrogen and oxygen atoms in total. The summed E-state index contributed by atoms with van der Waals surface area (Å²) in [5.41, 5.74) is 0. The molecule has 0 aromatic rings. The maximum atomic E-state index is 11.0. The smallest absolute Gasteiger partial charge is 0.384 e.